The second-order valence-corrected chi connectivity index (χ2v) is 8.97. The Morgan fingerprint density at radius 3 is 2.32 bits per heavy atom. The highest BCUT2D eigenvalue weighted by atomic mass is 35.5. The van der Waals surface area contributed by atoms with E-state index in [1.165, 1.54) is 36.3 Å². The molecule has 4 rings (SSSR count). The summed E-state index contributed by atoms with van der Waals surface area (Å²) >= 11 is 6.06. The second kappa shape index (κ2) is 11.3. The fourth-order valence-electron chi connectivity index (χ4n) is 3.87. The molecule has 0 aliphatic carbocycles. The van der Waals surface area contributed by atoms with Gasteiger partial charge in [-0.05, 0) is 61.5 Å². The summed E-state index contributed by atoms with van der Waals surface area (Å²) in [5, 5.41) is 0.427. The van der Waals surface area contributed by atoms with Crippen molar-refractivity contribution in [3.05, 3.63) is 88.4 Å². The fourth-order valence-corrected chi connectivity index (χ4v) is 4.04. The van der Waals surface area contributed by atoms with E-state index in [9.17, 15) is 19.2 Å². The SMILES string of the molecule is COc1ccc(Cl)cc1N1CC(C(=O)OCC(=O)c2ccc(OC(=O)c3ccc(C)cc3)cc2)CC1=O. The maximum absolute atomic E-state index is 12.6. The van der Waals surface area contributed by atoms with Crippen LogP contribution in [-0.2, 0) is 14.3 Å². The Kier molecular flexibility index (Phi) is 7.89. The number of anilines is 1. The molecule has 0 N–H and O–H groups in total. The van der Waals surface area contributed by atoms with Crippen LogP contribution >= 0.6 is 11.6 Å². The lowest BCUT2D eigenvalue weighted by atomic mass is 10.1. The lowest BCUT2D eigenvalue weighted by Crippen LogP contribution is -2.27. The average Bonchev–Trinajstić information content (AvgIpc) is 3.29. The van der Waals surface area contributed by atoms with Gasteiger partial charge in [0.1, 0.15) is 11.5 Å². The summed E-state index contributed by atoms with van der Waals surface area (Å²) in [4.78, 5) is 51.4. The molecule has 1 aliphatic heterocycles. The Labute approximate surface area is 218 Å². The van der Waals surface area contributed by atoms with E-state index in [0.29, 0.717) is 22.0 Å². The molecule has 1 atom stereocenters. The molecule has 0 aromatic heterocycles. The van der Waals surface area contributed by atoms with E-state index < -0.39 is 30.2 Å². The van der Waals surface area contributed by atoms with Gasteiger partial charge in [0.05, 0.1) is 24.3 Å². The van der Waals surface area contributed by atoms with Gasteiger partial charge in [0.25, 0.3) is 0 Å². The molecular weight excluding hydrogens is 498 g/mol. The van der Waals surface area contributed by atoms with Crippen LogP contribution in [0.3, 0.4) is 0 Å². The molecule has 1 unspecified atom stereocenters. The maximum Gasteiger partial charge on any atom is 0.343 e. The van der Waals surface area contributed by atoms with Gasteiger partial charge in [-0.1, -0.05) is 29.3 Å². The topological polar surface area (TPSA) is 99.2 Å². The summed E-state index contributed by atoms with van der Waals surface area (Å²) in [7, 11) is 1.48. The van der Waals surface area contributed by atoms with Gasteiger partial charge in [0, 0.05) is 23.6 Å². The number of methoxy groups -OCH3 is 1. The van der Waals surface area contributed by atoms with Crippen LogP contribution in [0.4, 0.5) is 5.69 Å². The quantitative estimate of drug-likeness (QED) is 0.241. The molecule has 0 radical (unpaired) electrons. The van der Waals surface area contributed by atoms with Crippen molar-refractivity contribution < 1.29 is 33.4 Å². The normalized spacial score (nSPS) is 14.8. The first-order valence-corrected chi connectivity index (χ1v) is 11.9. The van der Waals surface area contributed by atoms with Crippen LogP contribution in [0.2, 0.25) is 5.02 Å². The maximum atomic E-state index is 12.6. The van der Waals surface area contributed by atoms with Crippen LogP contribution < -0.4 is 14.4 Å². The van der Waals surface area contributed by atoms with Crippen molar-refractivity contribution in [2.75, 3.05) is 25.2 Å². The molecular formula is C28H24ClNO7. The Morgan fingerprint density at radius 1 is 0.973 bits per heavy atom. The highest BCUT2D eigenvalue weighted by Gasteiger charge is 2.37. The molecule has 190 valence electrons. The van der Waals surface area contributed by atoms with Crippen LogP contribution in [0, 0.1) is 12.8 Å². The van der Waals surface area contributed by atoms with Gasteiger partial charge in [-0.15, -0.1) is 0 Å². The van der Waals surface area contributed by atoms with E-state index in [2.05, 4.69) is 0 Å². The summed E-state index contributed by atoms with van der Waals surface area (Å²) in [5.41, 5.74) is 2.19. The molecule has 8 nitrogen and oxygen atoms in total. The van der Waals surface area contributed by atoms with E-state index >= 15 is 0 Å². The zero-order chi connectivity index (χ0) is 26.5. The number of nitrogens with zero attached hydrogens (tertiary/aromatic N) is 1. The number of aryl methyl sites for hydroxylation is 1. The van der Waals surface area contributed by atoms with Crippen molar-refractivity contribution in [2.45, 2.75) is 13.3 Å². The largest absolute Gasteiger partial charge is 0.495 e. The number of rotatable bonds is 8. The highest BCUT2D eigenvalue weighted by Crippen LogP contribution is 2.35. The van der Waals surface area contributed by atoms with Crippen molar-refractivity contribution in [2.24, 2.45) is 5.92 Å². The molecule has 0 saturated carbocycles. The molecule has 3 aromatic rings. The molecule has 3 aromatic carbocycles. The van der Waals surface area contributed by atoms with Crippen molar-refractivity contribution >= 4 is 40.9 Å². The number of carbonyl (C=O) groups excluding carboxylic acids is 4. The van der Waals surface area contributed by atoms with E-state index in [4.69, 9.17) is 25.8 Å². The number of ketones is 1. The molecule has 0 spiro atoms. The molecule has 1 fully saturated rings. The van der Waals surface area contributed by atoms with Gasteiger partial charge in [-0.2, -0.15) is 0 Å². The monoisotopic (exact) mass is 521 g/mol. The van der Waals surface area contributed by atoms with Crippen molar-refractivity contribution in [3.63, 3.8) is 0 Å². The number of ether oxygens (including phenoxy) is 3. The van der Waals surface area contributed by atoms with Gasteiger partial charge >= 0.3 is 11.9 Å². The van der Waals surface area contributed by atoms with Crippen LogP contribution in [0.1, 0.15) is 32.7 Å². The highest BCUT2D eigenvalue weighted by molar-refractivity contribution is 6.31. The predicted molar refractivity (Wildman–Crippen MR) is 136 cm³/mol. The van der Waals surface area contributed by atoms with Gasteiger partial charge in [-0.3, -0.25) is 14.4 Å². The Morgan fingerprint density at radius 2 is 1.65 bits per heavy atom. The minimum absolute atomic E-state index is 0.0518. The Bertz CT molecular complexity index is 1340. The van der Waals surface area contributed by atoms with Gasteiger partial charge in [0.15, 0.2) is 12.4 Å². The zero-order valence-corrected chi connectivity index (χ0v) is 21.0. The van der Waals surface area contributed by atoms with Crippen molar-refractivity contribution in [1.82, 2.24) is 0 Å². The van der Waals surface area contributed by atoms with E-state index in [1.54, 1.807) is 30.3 Å². The van der Waals surface area contributed by atoms with E-state index in [1.807, 2.05) is 19.1 Å². The van der Waals surface area contributed by atoms with E-state index in [0.717, 1.165) is 5.56 Å². The average molecular weight is 522 g/mol. The molecule has 1 heterocycles. The number of amides is 1. The second-order valence-electron chi connectivity index (χ2n) is 8.53. The summed E-state index contributed by atoms with van der Waals surface area (Å²) in [5.74, 6) is -1.85. The van der Waals surface area contributed by atoms with Gasteiger partial charge in [-0.25, -0.2) is 4.79 Å². The van der Waals surface area contributed by atoms with Crippen LogP contribution in [0.25, 0.3) is 0 Å². The smallest absolute Gasteiger partial charge is 0.343 e. The first kappa shape index (κ1) is 25.9. The van der Waals surface area contributed by atoms with E-state index in [-0.39, 0.29) is 30.2 Å². The Hall–Kier alpha value is -4.17. The lowest BCUT2D eigenvalue weighted by Gasteiger charge is -2.19. The van der Waals surface area contributed by atoms with Gasteiger partial charge < -0.3 is 19.1 Å². The molecule has 1 amide bonds. The minimum Gasteiger partial charge on any atom is -0.495 e. The summed E-state index contributed by atoms with van der Waals surface area (Å²) < 4.78 is 15.8. The fraction of sp³-hybridized carbons (Fsp3) is 0.214. The van der Waals surface area contributed by atoms with Crippen molar-refractivity contribution in [1.29, 1.82) is 0 Å². The number of Topliss-reactive ketones (excluding diaryl/α,β-unsaturated/α-hetero) is 1. The third kappa shape index (κ3) is 6.16. The zero-order valence-electron chi connectivity index (χ0n) is 20.2. The Balaban J connectivity index is 1.31. The lowest BCUT2D eigenvalue weighted by molar-refractivity contribution is -0.147. The molecule has 9 heteroatoms. The van der Waals surface area contributed by atoms with Crippen LogP contribution in [0.5, 0.6) is 11.5 Å². The number of hydrogen-bond donors (Lipinski definition) is 0. The summed E-state index contributed by atoms with van der Waals surface area (Å²) in [6.07, 6.45) is -0.0518. The van der Waals surface area contributed by atoms with Crippen LogP contribution in [-0.4, -0.2) is 43.9 Å². The van der Waals surface area contributed by atoms with Crippen LogP contribution in [0.15, 0.2) is 66.7 Å². The molecule has 0 bridgehead atoms. The third-order valence-electron chi connectivity index (χ3n) is 5.91. The summed E-state index contributed by atoms with van der Waals surface area (Å²) in [6, 6.07) is 17.8. The first-order chi connectivity index (χ1) is 17.7. The van der Waals surface area contributed by atoms with Crippen molar-refractivity contribution in [3.8, 4) is 11.5 Å². The minimum atomic E-state index is -0.729. The number of hydrogen-bond acceptors (Lipinski definition) is 7. The predicted octanol–water partition coefficient (Wildman–Crippen LogP) is 4.66. The first-order valence-electron chi connectivity index (χ1n) is 11.5. The number of benzene rings is 3. The molecule has 1 saturated heterocycles. The summed E-state index contributed by atoms with van der Waals surface area (Å²) in [6.45, 7) is 1.53. The molecule has 37 heavy (non-hydrogen) atoms. The molecule has 1 aliphatic rings. The number of esters is 2. The third-order valence-corrected chi connectivity index (χ3v) is 6.14. The number of halogens is 1. The standard InChI is InChI=1S/C28H24ClNO7/c1-17-3-5-19(6-4-17)28(34)37-22-10-7-18(8-11-22)24(31)16-36-27(33)20-13-26(32)30(15-20)23-14-21(29)9-12-25(23)35-2/h3-12,14,20H,13,15-16H2,1-2H3. The number of carbonyl (C=O) groups is 4. The van der Waals surface area contributed by atoms with Gasteiger partial charge in [0.2, 0.25) is 5.91 Å².